The second-order valence-electron chi connectivity index (χ2n) is 35.1. The molecular formula is C113H83BrCl2F3N11O16S. The fraction of sp³-hybridized carbons (Fsp3) is 0.124. The zero-order valence-electron chi connectivity index (χ0n) is 77.6. The molecule has 14 aromatic heterocycles. The third kappa shape index (κ3) is 17.5. The van der Waals surface area contributed by atoms with Crippen molar-refractivity contribution in [2.45, 2.75) is 85.0 Å². The van der Waals surface area contributed by atoms with Gasteiger partial charge in [-0.05, 0) is 200 Å². The molecular weight excluding hydrogens is 2010 g/mol. The topological polar surface area (TPSA) is 391 Å². The minimum Gasteiger partial charge on any atom is -0.477 e. The summed E-state index contributed by atoms with van der Waals surface area (Å²) in [7, 11) is 0. The van der Waals surface area contributed by atoms with Gasteiger partial charge >= 0.3 is 23.9 Å². The van der Waals surface area contributed by atoms with Gasteiger partial charge < -0.3 is 76.7 Å². The number of Topliss-reactive ketones (excluding diaryl/α,β-unsaturated/α-hetero) is 2. The summed E-state index contributed by atoms with van der Waals surface area (Å²) < 4.78 is 81.2. The fourth-order valence-corrected chi connectivity index (χ4v) is 20.9. The molecule has 8 aromatic carbocycles. The Morgan fingerprint density at radius 2 is 0.952 bits per heavy atom. The number of carbonyl (C=O) groups is 6. The first-order valence-electron chi connectivity index (χ1n) is 45.9. The molecule has 34 heteroatoms. The van der Waals surface area contributed by atoms with Gasteiger partial charge in [0.1, 0.15) is 78.7 Å². The van der Waals surface area contributed by atoms with E-state index in [0.717, 1.165) is 76.0 Å². The van der Waals surface area contributed by atoms with Crippen LogP contribution in [0.3, 0.4) is 0 Å². The molecule has 0 unspecified atom stereocenters. The third-order valence-corrected chi connectivity index (χ3v) is 28.5. The summed E-state index contributed by atoms with van der Waals surface area (Å²) in [6.07, 6.45) is 24.8. The normalized spacial score (nSPS) is 12.6. The molecule has 27 nitrogen and oxygen atoms in total. The molecule has 0 atom stereocenters. The van der Waals surface area contributed by atoms with E-state index in [4.69, 9.17) is 51.3 Å². The quantitative estimate of drug-likeness (QED) is 0.0161. The van der Waals surface area contributed by atoms with Gasteiger partial charge in [0, 0.05) is 125 Å². The van der Waals surface area contributed by atoms with Crippen molar-refractivity contribution in [3.63, 3.8) is 0 Å². The van der Waals surface area contributed by atoms with Gasteiger partial charge in [-0.25, -0.2) is 47.3 Å². The highest BCUT2D eigenvalue weighted by molar-refractivity contribution is 9.10. The number of halogens is 6. The minimum absolute atomic E-state index is 0. The van der Waals surface area contributed by atoms with Gasteiger partial charge in [-0.1, -0.05) is 121 Å². The number of pyridine rings is 5. The van der Waals surface area contributed by atoms with Gasteiger partial charge in [-0.3, -0.25) is 19.2 Å². The molecule has 0 spiro atoms. The van der Waals surface area contributed by atoms with Crippen LogP contribution in [0.1, 0.15) is 126 Å². The number of aromatic carboxylic acids is 3. The maximum atomic E-state index is 15.4. The number of hydrogen-bond donors (Lipinski definition) is 7. The number of aromatic amines is 3. The van der Waals surface area contributed by atoms with Gasteiger partial charge in [0.2, 0.25) is 0 Å². The number of benzene rings is 8. The number of carbonyl (C=O) groups excluding carboxylic acids is 3. The molecule has 0 saturated carbocycles. The van der Waals surface area contributed by atoms with Crippen LogP contribution < -0.4 is 16.9 Å². The van der Waals surface area contributed by atoms with Crippen LogP contribution in [-0.2, 0) is 40.5 Å². The standard InChI is InChI=1S/C31H26FN3O4.C28H19ClFN3O4.C28H19ClN2O4S.C25H15BrFN3O4.CH4/c1-2-3-13-39-31(37)29-27(21-9-5-7-11-25(21)36)28-24(16-22(32)20-12-14-38-30(20)28)35(29)17-18-15-26(33)34-23-10-6-4-8-19(18)23;1-13-8-15-10-16(26(29)32-20(15)9-14(13)2)12-33-21-11-19(30)17-5-7-37-25(17)23(21)22(24(33)28(35)36)18-4-3-6-31-27(18)34;1-36-18-8-6-16-12-17(27(29)30-20(16)13-18)14-31-21-9-7-15-10-11-35-26(15)24(21)23(25(31)28(33)34)19-4-2-3-5-22(19)32;26-16-9-18-12(3-6-28-18)8-13(16)11-30-19-10-17(27)14-4-7-34-23(14)21(19)20(22(30)25(32)33)15-2-1-5-29-24(15)31;/h4-10,12,14-16H,2-3,11,13,17H2,1H3,(H2,33,34);3-11H,12H2,1-2H3,(H,31,34)(H,35,36);2-4,6-13H,5,14H2,1H3,(H,33,34);1-10,28H,11H2,(H,29,31)(H,32,33);1H4. The van der Waals surface area contributed by atoms with Gasteiger partial charge in [0.05, 0.1) is 132 Å². The number of nitrogens with two attached hydrogens (primary N) is 1. The molecule has 2 aliphatic rings. The van der Waals surface area contributed by atoms with E-state index in [1.54, 1.807) is 93.9 Å². The predicted octanol–water partition coefficient (Wildman–Crippen LogP) is 26.5. The van der Waals surface area contributed by atoms with Gasteiger partial charge in [-0.15, -0.1) is 11.8 Å². The number of nitrogens with one attached hydrogen (secondary N) is 3. The lowest BCUT2D eigenvalue weighted by molar-refractivity contribution is -0.113. The fourth-order valence-electron chi connectivity index (χ4n) is 19.6. The van der Waals surface area contributed by atoms with Crippen LogP contribution >= 0.6 is 50.9 Å². The van der Waals surface area contributed by atoms with Crippen LogP contribution in [0.15, 0.2) is 287 Å². The predicted molar refractivity (Wildman–Crippen MR) is 568 cm³/mol. The van der Waals surface area contributed by atoms with Gasteiger partial charge in [-0.2, -0.15) is 0 Å². The number of carboxylic acids is 3. The average Bonchev–Trinajstić information content (AvgIpc) is 1.57. The van der Waals surface area contributed by atoms with E-state index < -0.39 is 52.4 Å². The molecule has 147 heavy (non-hydrogen) atoms. The van der Waals surface area contributed by atoms with Crippen LogP contribution in [-0.4, -0.2) is 112 Å². The molecule has 0 radical (unpaired) electrons. The largest absolute Gasteiger partial charge is 0.477 e. The van der Waals surface area contributed by atoms with E-state index in [0.29, 0.717) is 106 Å². The van der Waals surface area contributed by atoms with Crippen LogP contribution in [0.25, 0.3) is 165 Å². The van der Waals surface area contributed by atoms with Crippen molar-refractivity contribution in [1.82, 2.24) is 48.2 Å². The number of nitrogens with zero attached hydrogens (tertiary/aromatic N) is 7. The molecule has 0 amide bonds. The highest BCUT2D eigenvalue weighted by Crippen LogP contribution is 2.48. The van der Waals surface area contributed by atoms with E-state index >= 15 is 13.2 Å². The Bertz CT molecular complexity index is 9610. The molecule has 0 saturated heterocycles. The number of para-hydroxylation sites is 1. The highest BCUT2D eigenvalue weighted by atomic mass is 79.9. The minimum atomic E-state index is -1.29. The number of fused-ring (bicyclic) bond motifs is 16. The van der Waals surface area contributed by atoms with E-state index in [9.17, 15) is 53.7 Å². The smallest absolute Gasteiger partial charge is 0.355 e. The molecule has 2 aliphatic carbocycles. The van der Waals surface area contributed by atoms with Crippen molar-refractivity contribution in [1.29, 1.82) is 0 Å². The number of hydrogen-bond acceptors (Lipinski definition) is 18. The first-order valence-corrected chi connectivity index (χ1v) is 48.7. The molecule has 24 rings (SSSR count). The molecule has 0 fully saturated rings. The Hall–Kier alpha value is -17.1. The van der Waals surface area contributed by atoms with E-state index in [1.165, 1.54) is 76.7 Å². The highest BCUT2D eigenvalue weighted by Gasteiger charge is 2.37. The summed E-state index contributed by atoms with van der Waals surface area (Å²) >= 11 is 18.4. The summed E-state index contributed by atoms with van der Waals surface area (Å²) in [5.41, 5.74) is 18.0. The van der Waals surface area contributed by atoms with Crippen molar-refractivity contribution in [2.24, 2.45) is 0 Å². The van der Waals surface area contributed by atoms with Crippen molar-refractivity contribution < 1.29 is 79.7 Å². The zero-order valence-corrected chi connectivity index (χ0v) is 81.5. The number of nitrogen functional groups attached to an aromatic ring is 1. The van der Waals surface area contributed by atoms with Gasteiger partial charge in [0.15, 0.2) is 11.6 Å². The SMILES string of the molecule is C.CCCCOC(=O)c1c(C2=CC=CCC2=O)c2c3occc3c(F)cc2n1Cc1cc(N)nc2ccccc12.CSc1ccc2cc(Cn3c(C(=O)O)c(C4=CC=CCC4=O)c4c5occc5ccc43)c(Cl)nc2c1.Cc1cc2cc(Cn3c(C(=O)O)c(-c4ccc[nH]c4=O)c4c5occc5c(F)cc43)c(Cl)nc2cc1C.O=C(O)c1c(-c2ccc[nH]c2=O)c2c3occc3c(F)cc2n1Cc1cc2cc[nH]c2cc1Br. The van der Waals surface area contributed by atoms with E-state index in [2.05, 4.69) is 45.8 Å². The Morgan fingerprint density at radius 3 is 1.50 bits per heavy atom. The Kier molecular flexibility index (Phi) is 26.2. The molecule has 8 N–H and O–H groups in total. The first kappa shape index (κ1) is 97.4. The number of anilines is 1. The summed E-state index contributed by atoms with van der Waals surface area (Å²) in [5.74, 6) is -5.84. The van der Waals surface area contributed by atoms with Crippen LogP contribution in [0.5, 0.6) is 0 Å². The number of aromatic nitrogens is 10. The number of ether oxygens (including phenoxy) is 1. The number of rotatable bonds is 20. The molecule has 14 heterocycles. The van der Waals surface area contributed by atoms with E-state index in [1.807, 2.05) is 136 Å². The molecule has 22 aromatic rings. The van der Waals surface area contributed by atoms with Crippen LogP contribution in [0.4, 0.5) is 19.0 Å². The maximum absolute atomic E-state index is 15.4. The lowest BCUT2D eigenvalue weighted by Crippen LogP contribution is -2.17. The lowest BCUT2D eigenvalue weighted by atomic mass is 9.93. The molecule has 734 valence electrons. The Labute approximate surface area is 852 Å². The van der Waals surface area contributed by atoms with Crippen LogP contribution in [0.2, 0.25) is 10.3 Å². The van der Waals surface area contributed by atoms with Crippen molar-refractivity contribution in [2.75, 3.05) is 18.6 Å². The number of aryl methyl sites for hydroxylation is 2. The first-order chi connectivity index (χ1) is 70.6. The Morgan fingerprint density at radius 1 is 0.476 bits per heavy atom. The summed E-state index contributed by atoms with van der Waals surface area (Å²) in [6.45, 7) is 6.62. The molecule has 0 bridgehead atoms. The maximum Gasteiger partial charge on any atom is 0.355 e. The number of unbranched alkanes of at least 4 members (excludes halogenated alkanes) is 1. The number of H-pyrrole nitrogens is 3. The number of thioether (sulfide) groups is 1. The van der Waals surface area contributed by atoms with Crippen molar-refractivity contribution >= 4 is 234 Å². The number of allylic oxidation sites excluding steroid dienone is 8. The lowest BCUT2D eigenvalue weighted by Gasteiger charge is -2.15. The van der Waals surface area contributed by atoms with E-state index in [-0.39, 0.29) is 153 Å². The number of esters is 1. The number of ketones is 2. The van der Waals surface area contributed by atoms with Crippen LogP contribution in [0, 0.1) is 31.3 Å². The summed E-state index contributed by atoms with van der Waals surface area (Å²) in [5, 5.41) is 38.4. The second-order valence-corrected chi connectivity index (χ2v) is 37.5. The summed E-state index contributed by atoms with van der Waals surface area (Å²) in [6, 6.07) is 49.0. The zero-order chi connectivity index (χ0) is 102. The number of furan rings is 4. The Balaban J connectivity index is 0.000000119. The average molecular weight is 2090 g/mol. The summed E-state index contributed by atoms with van der Waals surface area (Å²) in [4.78, 5) is 126. The van der Waals surface area contributed by atoms with Crippen molar-refractivity contribution in [3.05, 3.63) is 370 Å². The molecule has 0 aliphatic heterocycles. The van der Waals surface area contributed by atoms with Gasteiger partial charge in [0.25, 0.3) is 11.1 Å². The monoisotopic (exact) mass is 2090 g/mol. The third-order valence-electron chi connectivity index (χ3n) is 26.4. The second kappa shape index (κ2) is 39.6. The number of carboxylic acid groups (broad SMARTS) is 3. The van der Waals surface area contributed by atoms with Crippen molar-refractivity contribution in [3.8, 4) is 22.3 Å².